The summed E-state index contributed by atoms with van der Waals surface area (Å²) in [4.78, 5) is 18.0. The van der Waals surface area contributed by atoms with E-state index in [0.29, 0.717) is 34.0 Å². The third kappa shape index (κ3) is 3.72. The Morgan fingerprint density at radius 2 is 1.63 bits per heavy atom. The first-order valence-electron chi connectivity index (χ1n) is 11.1. The maximum Gasteiger partial charge on any atom is 0.259 e. The van der Waals surface area contributed by atoms with Crippen LogP contribution in [-0.4, -0.2) is 18.0 Å². The molecule has 1 heterocycles. The number of aromatic nitrogens is 1. The lowest BCUT2D eigenvalue weighted by atomic mass is 10.0. The number of carbonyl (C=O) groups is 1. The number of methoxy groups -OCH3 is 1. The van der Waals surface area contributed by atoms with Crippen molar-refractivity contribution in [3.63, 3.8) is 0 Å². The van der Waals surface area contributed by atoms with Gasteiger partial charge in [0, 0.05) is 11.3 Å². The second-order valence-electron chi connectivity index (χ2n) is 8.17. The van der Waals surface area contributed by atoms with Crippen molar-refractivity contribution in [3.05, 3.63) is 101 Å². The molecule has 0 unspecified atom stereocenters. The Morgan fingerprint density at radius 3 is 2.46 bits per heavy atom. The highest BCUT2D eigenvalue weighted by molar-refractivity contribution is 9.10. The van der Waals surface area contributed by atoms with Gasteiger partial charge in [0.1, 0.15) is 11.3 Å². The number of hydrogen-bond donors (Lipinski definition) is 1. The molecule has 5 nitrogen and oxygen atoms in total. The van der Waals surface area contributed by atoms with Gasteiger partial charge in [-0.3, -0.25) is 4.79 Å². The van der Waals surface area contributed by atoms with Crippen LogP contribution in [0.3, 0.4) is 0 Å². The average molecular weight is 523 g/mol. The number of halogens is 1. The number of carbonyl (C=O) groups excluding carboxylic acids is 1. The van der Waals surface area contributed by atoms with Crippen LogP contribution in [0.4, 0.5) is 5.69 Å². The molecule has 0 spiro atoms. The van der Waals surface area contributed by atoms with Crippen LogP contribution in [0.15, 0.2) is 99.9 Å². The summed E-state index contributed by atoms with van der Waals surface area (Å²) in [5, 5.41) is 7.09. The second kappa shape index (κ2) is 8.56. The van der Waals surface area contributed by atoms with E-state index in [-0.39, 0.29) is 5.91 Å². The molecule has 1 aromatic heterocycles. The van der Waals surface area contributed by atoms with E-state index in [1.807, 2.05) is 66.7 Å². The van der Waals surface area contributed by atoms with E-state index >= 15 is 0 Å². The lowest BCUT2D eigenvalue weighted by Crippen LogP contribution is -2.13. The van der Waals surface area contributed by atoms with Gasteiger partial charge in [-0.25, -0.2) is 4.98 Å². The predicted octanol–water partition coefficient (Wildman–Crippen LogP) is 7.82. The Bertz CT molecular complexity index is 1750. The minimum absolute atomic E-state index is 0.273. The van der Waals surface area contributed by atoms with Gasteiger partial charge in [0.15, 0.2) is 5.58 Å². The minimum atomic E-state index is -0.273. The van der Waals surface area contributed by atoms with Crippen LogP contribution >= 0.6 is 15.9 Å². The smallest absolute Gasteiger partial charge is 0.259 e. The number of nitrogens with zero attached hydrogens (tertiary/aromatic N) is 1. The molecular formula is C29H19BrN2O3. The van der Waals surface area contributed by atoms with E-state index in [0.717, 1.165) is 31.6 Å². The van der Waals surface area contributed by atoms with E-state index in [2.05, 4.69) is 39.4 Å². The lowest BCUT2D eigenvalue weighted by Gasteiger charge is -2.13. The number of ether oxygens (including phenoxy) is 1. The molecular weight excluding hydrogens is 504 g/mol. The number of nitrogens with one attached hydrogen (secondary N) is 1. The van der Waals surface area contributed by atoms with Crippen molar-refractivity contribution in [3.8, 4) is 17.2 Å². The molecule has 0 aliphatic rings. The fourth-order valence-corrected chi connectivity index (χ4v) is 5.12. The minimum Gasteiger partial charge on any atom is -0.495 e. The number of rotatable bonds is 4. The van der Waals surface area contributed by atoms with E-state index in [9.17, 15) is 4.79 Å². The Hall–Kier alpha value is -4.16. The first-order chi connectivity index (χ1) is 17.1. The molecule has 0 aliphatic carbocycles. The number of oxazole rings is 1. The molecule has 170 valence electrons. The standard InChI is InChI=1S/C29H19BrN2O3/c1-34-27-23(15-18-8-3-5-11-21(18)26(27)30)28(33)31-19-13-14-25-24(16-19)32-29(35-25)22-12-6-9-17-7-2-4-10-20(17)22/h2-16H,1H3,(H,31,33). The summed E-state index contributed by atoms with van der Waals surface area (Å²) in [7, 11) is 1.56. The van der Waals surface area contributed by atoms with Crippen LogP contribution in [0.25, 0.3) is 44.1 Å². The van der Waals surface area contributed by atoms with E-state index in [1.165, 1.54) is 0 Å². The van der Waals surface area contributed by atoms with Gasteiger partial charge in [0.25, 0.3) is 5.91 Å². The summed E-state index contributed by atoms with van der Waals surface area (Å²) in [6, 6.07) is 29.3. The van der Waals surface area contributed by atoms with Gasteiger partial charge in [-0.05, 0) is 67.8 Å². The number of anilines is 1. The monoisotopic (exact) mass is 522 g/mol. The maximum absolute atomic E-state index is 13.2. The van der Waals surface area contributed by atoms with Crippen LogP contribution in [0, 0.1) is 0 Å². The molecule has 6 aromatic rings. The fraction of sp³-hybridized carbons (Fsp3) is 0.0345. The Kier molecular flexibility index (Phi) is 5.23. The lowest BCUT2D eigenvalue weighted by molar-refractivity contribution is 0.102. The van der Waals surface area contributed by atoms with Gasteiger partial charge in [-0.2, -0.15) is 0 Å². The topological polar surface area (TPSA) is 64.4 Å². The molecule has 6 heteroatoms. The molecule has 0 bridgehead atoms. The molecule has 35 heavy (non-hydrogen) atoms. The maximum atomic E-state index is 13.2. The molecule has 5 aromatic carbocycles. The Morgan fingerprint density at radius 1 is 0.886 bits per heavy atom. The average Bonchev–Trinajstić information content (AvgIpc) is 3.31. The molecule has 0 radical (unpaired) electrons. The van der Waals surface area contributed by atoms with Gasteiger partial charge < -0.3 is 14.5 Å². The van der Waals surface area contributed by atoms with Gasteiger partial charge in [-0.15, -0.1) is 0 Å². The first-order valence-corrected chi connectivity index (χ1v) is 11.9. The van der Waals surface area contributed by atoms with Gasteiger partial charge >= 0.3 is 0 Å². The van der Waals surface area contributed by atoms with Crippen molar-refractivity contribution in [2.45, 2.75) is 0 Å². The van der Waals surface area contributed by atoms with Crippen molar-refractivity contribution < 1.29 is 13.9 Å². The number of hydrogen-bond acceptors (Lipinski definition) is 4. The normalized spacial score (nSPS) is 11.3. The molecule has 1 amide bonds. The third-order valence-corrected chi connectivity index (χ3v) is 6.84. The molecule has 1 N–H and O–H groups in total. The van der Waals surface area contributed by atoms with Crippen molar-refractivity contribution in [1.29, 1.82) is 0 Å². The predicted molar refractivity (Wildman–Crippen MR) is 143 cm³/mol. The zero-order valence-corrected chi connectivity index (χ0v) is 20.3. The molecule has 0 saturated carbocycles. The highest BCUT2D eigenvalue weighted by Crippen LogP contribution is 2.37. The van der Waals surface area contributed by atoms with Gasteiger partial charge in [-0.1, -0.05) is 60.7 Å². The SMILES string of the molecule is COc1c(C(=O)Nc2ccc3oc(-c4cccc5ccccc45)nc3c2)cc2ccccc2c1Br. The van der Waals surface area contributed by atoms with Crippen molar-refractivity contribution in [2.75, 3.05) is 12.4 Å². The Balaban J connectivity index is 1.36. The summed E-state index contributed by atoms with van der Waals surface area (Å²) in [5.74, 6) is 0.757. The number of benzene rings is 5. The van der Waals surface area contributed by atoms with Crippen LogP contribution in [-0.2, 0) is 0 Å². The molecule has 0 fully saturated rings. The zero-order chi connectivity index (χ0) is 23.9. The van der Waals surface area contributed by atoms with Gasteiger partial charge in [0.05, 0.1) is 17.1 Å². The summed E-state index contributed by atoms with van der Waals surface area (Å²) in [5.41, 5.74) is 3.30. The van der Waals surface area contributed by atoms with E-state index < -0.39 is 0 Å². The second-order valence-corrected chi connectivity index (χ2v) is 8.97. The van der Waals surface area contributed by atoms with Crippen LogP contribution in [0.1, 0.15) is 10.4 Å². The van der Waals surface area contributed by atoms with E-state index in [1.54, 1.807) is 13.2 Å². The zero-order valence-electron chi connectivity index (χ0n) is 18.7. The summed E-state index contributed by atoms with van der Waals surface area (Å²) in [6.45, 7) is 0. The molecule has 0 aliphatic heterocycles. The largest absolute Gasteiger partial charge is 0.495 e. The number of amides is 1. The fourth-order valence-electron chi connectivity index (χ4n) is 4.38. The highest BCUT2D eigenvalue weighted by Gasteiger charge is 2.19. The Labute approximate surface area is 209 Å². The molecule has 6 rings (SSSR count). The molecule has 0 saturated heterocycles. The van der Waals surface area contributed by atoms with Crippen LogP contribution in [0.2, 0.25) is 0 Å². The molecule has 0 atom stereocenters. The highest BCUT2D eigenvalue weighted by atomic mass is 79.9. The summed E-state index contributed by atoms with van der Waals surface area (Å²) < 4.78 is 12.4. The summed E-state index contributed by atoms with van der Waals surface area (Å²) in [6.07, 6.45) is 0. The van der Waals surface area contributed by atoms with Crippen molar-refractivity contribution in [2.24, 2.45) is 0 Å². The first kappa shape index (κ1) is 21.4. The third-order valence-electron chi connectivity index (χ3n) is 6.06. The van der Waals surface area contributed by atoms with Crippen molar-refractivity contribution >= 4 is 60.2 Å². The quantitative estimate of drug-likeness (QED) is 0.256. The van der Waals surface area contributed by atoms with Gasteiger partial charge in [0.2, 0.25) is 5.89 Å². The van der Waals surface area contributed by atoms with Crippen LogP contribution < -0.4 is 10.1 Å². The van der Waals surface area contributed by atoms with Crippen molar-refractivity contribution in [1.82, 2.24) is 4.98 Å². The van der Waals surface area contributed by atoms with E-state index in [4.69, 9.17) is 14.1 Å². The number of fused-ring (bicyclic) bond motifs is 3. The summed E-state index contributed by atoms with van der Waals surface area (Å²) >= 11 is 3.59. The van der Waals surface area contributed by atoms with Crippen LogP contribution in [0.5, 0.6) is 5.75 Å².